The topological polar surface area (TPSA) is 109 Å². The first-order chi connectivity index (χ1) is 13.8. The highest BCUT2D eigenvalue weighted by molar-refractivity contribution is 5.55. The molecule has 140 valence electrons. The van der Waals surface area contributed by atoms with Gasteiger partial charge in [-0.1, -0.05) is 0 Å². The third-order valence-electron chi connectivity index (χ3n) is 4.41. The minimum atomic E-state index is 0.340. The Balaban J connectivity index is 1.61. The summed E-state index contributed by atoms with van der Waals surface area (Å²) in [7, 11) is 0. The van der Waals surface area contributed by atoms with Crippen LogP contribution in [-0.2, 0) is 0 Å². The lowest BCUT2D eigenvalue weighted by atomic mass is 10.2. The zero-order valence-electron chi connectivity index (χ0n) is 15.2. The molecule has 0 amide bonds. The SMILES string of the molecule is N#Cc1ccc(Oc2nc(-c3ncccn3)cnc2NC[C@@H]2CCCN2)cc1. The monoisotopic (exact) mass is 373 g/mol. The molecule has 0 aliphatic carbocycles. The summed E-state index contributed by atoms with van der Waals surface area (Å²) in [4.78, 5) is 17.5. The summed E-state index contributed by atoms with van der Waals surface area (Å²) >= 11 is 0. The van der Waals surface area contributed by atoms with E-state index in [-0.39, 0.29) is 0 Å². The number of nitriles is 1. The molecule has 0 spiro atoms. The Morgan fingerprint density at radius 3 is 2.71 bits per heavy atom. The number of hydrogen-bond donors (Lipinski definition) is 2. The lowest BCUT2D eigenvalue weighted by Crippen LogP contribution is -2.29. The van der Waals surface area contributed by atoms with Gasteiger partial charge in [-0.15, -0.1) is 0 Å². The van der Waals surface area contributed by atoms with Crippen LogP contribution in [0.5, 0.6) is 11.6 Å². The molecule has 2 N–H and O–H groups in total. The van der Waals surface area contributed by atoms with E-state index in [0.29, 0.717) is 40.6 Å². The van der Waals surface area contributed by atoms with Gasteiger partial charge in [-0.25, -0.2) is 19.9 Å². The van der Waals surface area contributed by atoms with Crippen molar-refractivity contribution in [1.82, 2.24) is 25.3 Å². The van der Waals surface area contributed by atoms with Crippen LogP contribution in [0.15, 0.2) is 48.9 Å². The molecule has 1 aliphatic rings. The molecule has 3 aromatic rings. The summed E-state index contributed by atoms with van der Waals surface area (Å²) in [5.74, 6) is 1.94. The molecular formula is C20H19N7O. The van der Waals surface area contributed by atoms with Crippen LogP contribution in [0.2, 0.25) is 0 Å². The molecule has 1 atom stereocenters. The number of nitrogens with one attached hydrogen (secondary N) is 2. The Hall–Kier alpha value is -3.57. The number of ether oxygens (including phenoxy) is 1. The quantitative estimate of drug-likeness (QED) is 0.679. The summed E-state index contributed by atoms with van der Waals surface area (Å²) in [5, 5.41) is 15.7. The van der Waals surface area contributed by atoms with Crippen molar-refractivity contribution in [2.75, 3.05) is 18.4 Å². The van der Waals surface area contributed by atoms with Crippen LogP contribution in [0.25, 0.3) is 11.5 Å². The summed E-state index contributed by atoms with van der Waals surface area (Å²) < 4.78 is 5.96. The number of hydrogen-bond acceptors (Lipinski definition) is 8. The van der Waals surface area contributed by atoms with Gasteiger partial charge in [-0.2, -0.15) is 5.26 Å². The molecule has 0 saturated carbocycles. The maximum Gasteiger partial charge on any atom is 0.263 e. The number of nitrogens with zero attached hydrogens (tertiary/aromatic N) is 5. The van der Waals surface area contributed by atoms with Crippen LogP contribution in [0.1, 0.15) is 18.4 Å². The Labute approximate surface area is 162 Å². The molecule has 0 radical (unpaired) electrons. The van der Waals surface area contributed by atoms with E-state index < -0.39 is 0 Å². The van der Waals surface area contributed by atoms with Crippen molar-refractivity contribution in [3.63, 3.8) is 0 Å². The maximum atomic E-state index is 8.96. The maximum absolute atomic E-state index is 8.96. The molecule has 1 aromatic carbocycles. The van der Waals surface area contributed by atoms with E-state index in [1.54, 1.807) is 48.9 Å². The van der Waals surface area contributed by atoms with Crippen molar-refractivity contribution in [1.29, 1.82) is 5.26 Å². The first kappa shape index (κ1) is 17.8. The second-order valence-electron chi connectivity index (χ2n) is 6.39. The summed E-state index contributed by atoms with van der Waals surface area (Å²) in [6.45, 7) is 1.77. The highest BCUT2D eigenvalue weighted by atomic mass is 16.5. The van der Waals surface area contributed by atoms with Crippen LogP contribution in [0.3, 0.4) is 0 Å². The molecule has 1 aliphatic heterocycles. The van der Waals surface area contributed by atoms with E-state index in [9.17, 15) is 0 Å². The highest BCUT2D eigenvalue weighted by Crippen LogP contribution is 2.28. The van der Waals surface area contributed by atoms with Crippen LogP contribution < -0.4 is 15.4 Å². The second-order valence-corrected chi connectivity index (χ2v) is 6.39. The third-order valence-corrected chi connectivity index (χ3v) is 4.41. The fourth-order valence-corrected chi connectivity index (χ4v) is 2.96. The van der Waals surface area contributed by atoms with Gasteiger partial charge in [0.25, 0.3) is 5.88 Å². The molecular weight excluding hydrogens is 354 g/mol. The van der Waals surface area contributed by atoms with Gasteiger partial charge >= 0.3 is 0 Å². The van der Waals surface area contributed by atoms with E-state index in [1.807, 2.05) is 0 Å². The van der Waals surface area contributed by atoms with Gasteiger partial charge in [-0.3, -0.25) is 0 Å². The van der Waals surface area contributed by atoms with Gasteiger partial charge in [-0.05, 0) is 49.7 Å². The van der Waals surface area contributed by atoms with Gasteiger partial charge in [0, 0.05) is 25.0 Å². The van der Waals surface area contributed by atoms with Gasteiger partial charge in [0.2, 0.25) is 0 Å². The molecule has 0 bridgehead atoms. The largest absolute Gasteiger partial charge is 0.436 e. The molecule has 4 rings (SSSR count). The van der Waals surface area contributed by atoms with Crippen molar-refractivity contribution < 1.29 is 4.74 Å². The predicted octanol–water partition coefficient (Wildman–Crippen LogP) is 2.76. The molecule has 0 unspecified atom stereocenters. The Kier molecular flexibility index (Phi) is 5.36. The first-order valence-electron chi connectivity index (χ1n) is 9.11. The lowest BCUT2D eigenvalue weighted by Gasteiger charge is -2.15. The van der Waals surface area contributed by atoms with Crippen LogP contribution in [0, 0.1) is 11.3 Å². The third kappa shape index (κ3) is 4.22. The predicted molar refractivity (Wildman–Crippen MR) is 104 cm³/mol. The number of benzene rings is 1. The number of anilines is 1. The Morgan fingerprint density at radius 2 is 2.00 bits per heavy atom. The van der Waals surface area contributed by atoms with Gasteiger partial charge in [0.15, 0.2) is 11.6 Å². The van der Waals surface area contributed by atoms with E-state index >= 15 is 0 Å². The Morgan fingerprint density at radius 1 is 1.18 bits per heavy atom. The molecule has 1 saturated heterocycles. The fourth-order valence-electron chi connectivity index (χ4n) is 2.96. The zero-order valence-corrected chi connectivity index (χ0v) is 15.2. The molecule has 2 aromatic heterocycles. The zero-order chi connectivity index (χ0) is 19.2. The number of rotatable bonds is 6. The fraction of sp³-hybridized carbons (Fsp3) is 0.250. The summed E-state index contributed by atoms with van der Waals surface area (Å²) in [6, 6.07) is 11.1. The van der Waals surface area contributed by atoms with E-state index in [4.69, 9.17) is 10.00 Å². The second kappa shape index (κ2) is 8.41. The highest BCUT2D eigenvalue weighted by Gasteiger charge is 2.17. The molecule has 8 heteroatoms. The lowest BCUT2D eigenvalue weighted by molar-refractivity contribution is 0.462. The normalized spacial score (nSPS) is 15.8. The molecule has 3 heterocycles. The van der Waals surface area contributed by atoms with Crippen LogP contribution in [-0.4, -0.2) is 39.1 Å². The van der Waals surface area contributed by atoms with Crippen molar-refractivity contribution in [2.45, 2.75) is 18.9 Å². The van der Waals surface area contributed by atoms with Gasteiger partial charge in [0.05, 0.1) is 17.8 Å². The van der Waals surface area contributed by atoms with Crippen LogP contribution in [0.4, 0.5) is 5.82 Å². The average Bonchev–Trinajstić information content (AvgIpc) is 3.28. The van der Waals surface area contributed by atoms with E-state index in [1.165, 1.54) is 6.42 Å². The summed E-state index contributed by atoms with van der Waals surface area (Å²) in [6.07, 6.45) is 7.25. The smallest absolute Gasteiger partial charge is 0.263 e. The van der Waals surface area contributed by atoms with Crippen molar-refractivity contribution in [3.05, 3.63) is 54.5 Å². The average molecular weight is 373 g/mol. The summed E-state index contributed by atoms with van der Waals surface area (Å²) in [5.41, 5.74) is 1.09. The van der Waals surface area contributed by atoms with Gasteiger partial charge in [0.1, 0.15) is 11.4 Å². The molecule has 1 fully saturated rings. The van der Waals surface area contributed by atoms with Gasteiger partial charge < -0.3 is 15.4 Å². The van der Waals surface area contributed by atoms with E-state index in [2.05, 4.69) is 36.6 Å². The minimum Gasteiger partial charge on any atom is -0.436 e. The van der Waals surface area contributed by atoms with Crippen molar-refractivity contribution in [3.8, 4) is 29.2 Å². The minimum absolute atomic E-state index is 0.340. The number of aromatic nitrogens is 4. The van der Waals surface area contributed by atoms with E-state index in [0.717, 1.165) is 19.5 Å². The van der Waals surface area contributed by atoms with Crippen molar-refractivity contribution >= 4 is 5.82 Å². The van der Waals surface area contributed by atoms with Crippen molar-refractivity contribution in [2.24, 2.45) is 0 Å². The first-order valence-corrected chi connectivity index (χ1v) is 9.11. The standard InChI is InChI=1S/C20H19N7O/c21-11-14-4-6-16(7-5-14)28-20-19(25-12-15-3-1-8-22-15)26-13-17(27-20)18-23-9-2-10-24-18/h2,4-7,9-10,13,15,22H,1,3,8,12H2,(H,25,26)/t15-/m0/s1. The Bertz CT molecular complexity index is 964. The van der Waals surface area contributed by atoms with Crippen LogP contribution >= 0.6 is 0 Å². The molecule has 8 nitrogen and oxygen atoms in total. The molecule has 28 heavy (non-hydrogen) atoms.